The van der Waals surface area contributed by atoms with Gasteiger partial charge in [0.2, 0.25) is 5.79 Å². The van der Waals surface area contributed by atoms with E-state index in [4.69, 9.17) is 23.7 Å². The van der Waals surface area contributed by atoms with E-state index in [9.17, 15) is 0 Å². The van der Waals surface area contributed by atoms with Gasteiger partial charge in [0.1, 0.15) is 0 Å². The highest BCUT2D eigenvalue weighted by Crippen LogP contribution is 2.60. The van der Waals surface area contributed by atoms with Crippen molar-refractivity contribution in [3.63, 3.8) is 0 Å². The van der Waals surface area contributed by atoms with Crippen LogP contribution in [0, 0.1) is 23.7 Å². The molecule has 5 fully saturated rings. The molecule has 1 saturated carbocycles. The first-order valence-corrected chi connectivity index (χ1v) is 12.9. The molecule has 0 amide bonds. The Morgan fingerprint density at radius 2 is 1.75 bits per heavy atom. The van der Waals surface area contributed by atoms with Gasteiger partial charge < -0.3 is 13.9 Å². The molecule has 5 aliphatic rings. The number of hydrogen-bond acceptors (Lipinski definition) is 5. The standard InChI is InChI=1S/C18H32O5Si/c1-11-7-8-14-12(2)15(21-24(4,5)6)19-16-18(14)13(11)9-10-17(3,20-16)22-23-18/h11-16H,7-10H2,1-6H3/t11-,12-,13+,14+,15-,16-,17-,18?/m1/s1. The van der Waals surface area contributed by atoms with Crippen LogP contribution < -0.4 is 0 Å². The molecule has 1 aliphatic carbocycles. The van der Waals surface area contributed by atoms with Crippen LogP contribution in [-0.2, 0) is 23.7 Å². The van der Waals surface area contributed by atoms with Gasteiger partial charge in [0, 0.05) is 18.3 Å². The molecule has 138 valence electrons. The number of hydrogen-bond donors (Lipinski definition) is 0. The summed E-state index contributed by atoms with van der Waals surface area (Å²) in [6, 6.07) is 0. The van der Waals surface area contributed by atoms with Crippen molar-refractivity contribution in [2.45, 2.75) is 90.1 Å². The Labute approximate surface area is 146 Å². The highest BCUT2D eigenvalue weighted by Gasteiger charge is 2.69. The van der Waals surface area contributed by atoms with Crippen molar-refractivity contribution in [2.24, 2.45) is 23.7 Å². The van der Waals surface area contributed by atoms with E-state index in [-0.39, 0.29) is 12.2 Å². The van der Waals surface area contributed by atoms with Gasteiger partial charge in [-0.15, -0.1) is 0 Å². The summed E-state index contributed by atoms with van der Waals surface area (Å²) in [6.07, 6.45) is 3.67. The third-order valence-corrected chi connectivity index (χ3v) is 7.51. The summed E-state index contributed by atoms with van der Waals surface area (Å²) in [7, 11) is -1.71. The van der Waals surface area contributed by atoms with E-state index in [0.717, 1.165) is 19.3 Å². The first-order chi connectivity index (χ1) is 11.1. The molecule has 4 heterocycles. The molecule has 24 heavy (non-hydrogen) atoms. The summed E-state index contributed by atoms with van der Waals surface area (Å²) in [4.78, 5) is 12.0. The fraction of sp³-hybridized carbons (Fsp3) is 1.00. The first kappa shape index (κ1) is 17.4. The molecule has 0 aromatic carbocycles. The first-order valence-electron chi connectivity index (χ1n) is 9.52. The van der Waals surface area contributed by atoms with Crippen LogP contribution in [0.25, 0.3) is 0 Å². The molecule has 0 aromatic rings. The second-order valence-electron chi connectivity index (χ2n) is 9.50. The van der Waals surface area contributed by atoms with Crippen molar-refractivity contribution in [1.82, 2.24) is 0 Å². The minimum atomic E-state index is -1.71. The van der Waals surface area contributed by atoms with Crippen molar-refractivity contribution in [2.75, 3.05) is 0 Å². The fourth-order valence-electron chi connectivity index (χ4n) is 5.36. The van der Waals surface area contributed by atoms with Crippen molar-refractivity contribution in [3.05, 3.63) is 0 Å². The zero-order valence-corrected chi connectivity index (χ0v) is 16.8. The molecule has 4 aliphatic heterocycles. The van der Waals surface area contributed by atoms with Crippen molar-refractivity contribution in [1.29, 1.82) is 0 Å². The smallest absolute Gasteiger partial charge is 0.201 e. The van der Waals surface area contributed by atoms with E-state index in [1.807, 2.05) is 6.92 Å². The summed E-state index contributed by atoms with van der Waals surface area (Å²) in [5, 5.41) is 0. The Kier molecular flexibility index (Phi) is 4.00. The molecule has 0 N–H and O–H groups in total. The number of ether oxygens (including phenoxy) is 2. The van der Waals surface area contributed by atoms with Gasteiger partial charge in [-0.2, -0.15) is 0 Å². The largest absolute Gasteiger partial charge is 0.393 e. The summed E-state index contributed by atoms with van der Waals surface area (Å²) < 4.78 is 19.1. The van der Waals surface area contributed by atoms with Gasteiger partial charge in [-0.05, 0) is 57.7 Å². The Bertz CT molecular complexity index is 508. The fourth-order valence-corrected chi connectivity index (χ4v) is 6.32. The average molecular weight is 357 g/mol. The Hall–Kier alpha value is 0.0169. The zero-order chi connectivity index (χ0) is 17.3. The quantitative estimate of drug-likeness (QED) is 0.552. The van der Waals surface area contributed by atoms with E-state index >= 15 is 0 Å². The van der Waals surface area contributed by atoms with Crippen LogP contribution >= 0.6 is 0 Å². The summed E-state index contributed by atoms with van der Waals surface area (Å²) >= 11 is 0. The zero-order valence-electron chi connectivity index (χ0n) is 15.8. The van der Waals surface area contributed by atoms with E-state index in [1.165, 1.54) is 6.42 Å². The summed E-state index contributed by atoms with van der Waals surface area (Å²) in [5.74, 6) is 0.934. The predicted octanol–water partition coefficient (Wildman–Crippen LogP) is 4.05. The van der Waals surface area contributed by atoms with Crippen LogP contribution in [0.15, 0.2) is 0 Å². The van der Waals surface area contributed by atoms with Gasteiger partial charge in [0.05, 0.1) is 0 Å². The Morgan fingerprint density at radius 1 is 1.00 bits per heavy atom. The van der Waals surface area contributed by atoms with Gasteiger partial charge in [-0.3, -0.25) is 0 Å². The van der Waals surface area contributed by atoms with Crippen LogP contribution in [0.2, 0.25) is 19.6 Å². The normalized spacial score (nSPS) is 54.2. The van der Waals surface area contributed by atoms with Crippen molar-refractivity contribution < 1.29 is 23.7 Å². The molecule has 6 heteroatoms. The van der Waals surface area contributed by atoms with Gasteiger partial charge in [0.25, 0.3) is 0 Å². The minimum Gasteiger partial charge on any atom is -0.393 e. The van der Waals surface area contributed by atoms with E-state index < -0.39 is 26.0 Å². The lowest BCUT2D eigenvalue weighted by Gasteiger charge is -2.60. The molecular formula is C18H32O5Si. The van der Waals surface area contributed by atoms with Crippen LogP contribution in [0.4, 0.5) is 0 Å². The van der Waals surface area contributed by atoms with Crippen LogP contribution in [0.1, 0.15) is 46.5 Å². The number of rotatable bonds is 2. The monoisotopic (exact) mass is 356 g/mol. The molecule has 5 rings (SSSR count). The molecule has 1 unspecified atom stereocenters. The lowest BCUT2D eigenvalue weighted by atomic mass is 9.58. The Morgan fingerprint density at radius 3 is 2.46 bits per heavy atom. The van der Waals surface area contributed by atoms with Crippen LogP contribution in [-0.4, -0.2) is 32.3 Å². The van der Waals surface area contributed by atoms with Gasteiger partial charge >= 0.3 is 0 Å². The molecule has 8 atom stereocenters. The molecule has 1 spiro atoms. The maximum absolute atomic E-state index is 6.42. The SMILES string of the molecule is C[C@H]1[C@@H](O[Si](C)(C)C)O[C@@H]2O[C@@]3(C)CC[C@H]4[C@H](C)CC[C@@H]1C24OO3. The second kappa shape index (κ2) is 5.51. The van der Waals surface area contributed by atoms with Crippen molar-refractivity contribution in [3.8, 4) is 0 Å². The van der Waals surface area contributed by atoms with E-state index in [0.29, 0.717) is 17.8 Å². The summed E-state index contributed by atoms with van der Waals surface area (Å²) in [6.45, 7) is 13.2. The molecule has 0 radical (unpaired) electrons. The molecular weight excluding hydrogens is 324 g/mol. The molecule has 2 bridgehead atoms. The minimum absolute atomic E-state index is 0.210. The van der Waals surface area contributed by atoms with Crippen LogP contribution in [0.3, 0.4) is 0 Å². The second-order valence-corrected chi connectivity index (χ2v) is 14.0. The lowest BCUT2D eigenvalue weighted by Crippen LogP contribution is -2.70. The predicted molar refractivity (Wildman–Crippen MR) is 91.3 cm³/mol. The molecule has 4 saturated heterocycles. The maximum Gasteiger partial charge on any atom is 0.201 e. The lowest BCUT2D eigenvalue weighted by molar-refractivity contribution is -0.576. The van der Waals surface area contributed by atoms with E-state index in [1.54, 1.807) is 0 Å². The third-order valence-electron chi connectivity index (χ3n) is 6.57. The topological polar surface area (TPSA) is 46.2 Å². The van der Waals surface area contributed by atoms with Crippen LogP contribution in [0.5, 0.6) is 0 Å². The van der Waals surface area contributed by atoms with Gasteiger partial charge in [0.15, 0.2) is 26.5 Å². The summed E-state index contributed by atoms with van der Waals surface area (Å²) in [5.41, 5.74) is -0.480. The number of fused-ring (bicyclic) bond motifs is 2. The highest BCUT2D eigenvalue weighted by molar-refractivity contribution is 6.69. The average Bonchev–Trinajstić information content (AvgIpc) is 2.69. The maximum atomic E-state index is 6.42. The van der Waals surface area contributed by atoms with Gasteiger partial charge in [-0.25, -0.2) is 9.78 Å². The highest BCUT2D eigenvalue weighted by atomic mass is 28.4. The molecule has 5 nitrogen and oxygen atoms in total. The van der Waals surface area contributed by atoms with Gasteiger partial charge in [-0.1, -0.05) is 13.8 Å². The molecule has 0 aromatic heterocycles. The van der Waals surface area contributed by atoms with Crippen molar-refractivity contribution >= 4 is 8.32 Å². The van der Waals surface area contributed by atoms with E-state index in [2.05, 4.69) is 33.5 Å². The Balaban J connectivity index is 1.72. The third kappa shape index (κ3) is 2.53.